The van der Waals surface area contributed by atoms with Gasteiger partial charge in [0, 0.05) is 32.0 Å². The quantitative estimate of drug-likeness (QED) is 0.908. The van der Waals surface area contributed by atoms with Crippen LogP contribution in [0.15, 0.2) is 6.20 Å². The van der Waals surface area contributed by atoms with Crippen LogP contribution in [0, 0.1) is 5.92 Å². The maximum Gasteiger partial charge on any atom is 0.217 e. The number of rotatable bonds is 4. The van der Waals surface area contributed by atoms with Gasteiger partial charge in [0.15, 0.2) is 0 Å². The number of hydrogen-bond donors (Lipinski definition) is 1. The molecular weight excluding hydrogens is 334 g/mol. The summed E-state index contributed by atoms with van der Waals surface area (Å²) >= 11 is 1.70. The highest BCUT2D eigenvalue weighted by Gasteiger charge is 2.27. The molecule has 0 radical (unpaired) electrons. The summed E-state index contributed by atoms with van der Waals surface area (Å²) in [4.78, 5) is 19.5. The Morgan fingerprint density at radius 1 is 1.28 bits per heavy atom. The van der Waals surface area contributed by atoms with Crippen molar-refractivity contribution in [3.8, 4) is 0 Å². The Balaban J connectivity index is 1.39. The molecule has 0 aromatic carbocycles. The molecule has 2 aliphatic rings. The number of fused-ring (bicyclic) bond motifs is 1. The van der Waals surface area contributed by atoms with Crippen LogP contribution in [-0.2, 0) is 4.79 Å². The lowest BCUT2D eigenvalue weighted by atomic mass is 9.90. The topological polar surface area (TPSA) is 62.5 Å². The Labute approximate surface area is 152 Å². The summed E-state index contributed by atoms with van der Waals surface area (Å²) in [7, 11) is 0. The van der Waals surface area contributed by atoms with E-state index in [1.165, 1.54) is 31.4 Å². The van der Waals surface area contributed by atoms with E-state index >= 15 is 0 Å². The summed E-state index contributed by atoms with van der Waals surface area (Å²) < 4.78 is 1.97. The van der Waals surface area contributed by atoms with Gasteiger partial charge in [-0.25, -0.2) is 9.50 Å². The number of imidazole rings is 1. The fraction of sp³-hybridized carbons (Fsp3) is 0.722. The Morgan fingerprint density at radius 2 is 2.00 bits per heavy atom. The van der Waals surface area contributed by atoms with Gasteiger partial charge >= 0.3 is 0 Å². The molecule has 25 heavy (non-hydrogen) atoms. The molecule has 6 nitrogen and oxygen atoms in total. The van der Waals surface area contributed by atoms with E-state index < -0.39 is 0 Å². The van der Waals surface area contributed by atoms with Crippen LogP contribution >= 0.6 is 11.3 Å². The minimum Gasteiger partial charge on any atom is -0.354 e. The Kier molecular flexibility index (Phi) is 4.67. The van der Waals surface area contributed by atoms with E-state index in [4.69, 9.17) is 10.1 Å². The third-order valence-electron chi connectivity index (χ3n) is 5.77. The van der Waals surface area contributed by atoms with Crippen molar-refractivity contribution in [3.63, 3.8) is 0 Å². The molecule has 7 heteroatoms. The molecular formula is C18H27N5OS. The number of aromatic nitrogens is 3. The van der Waals surface area contributed by atoms with Crippen LogP contribution in [0.4, 0.5) is 5.13 Å². The predicted molar refractivity (Wildman–Crippen MR) is 100 cm³/mol. The van der Waals surface area contributed by atoms with Crippen LogP contribution in [0.2, 0.25) is 0 Å². The fourth-order valence-corrected chi connectivity index (χ4v) is 5.22. The van der Waals surface area contributed by atoms with Crippen LogP contribution < -0.4 is 10.2 Å². The second-order valence-electron chi connectivity index (χ2n) is 7.57. The van der Waals surface area contributed by atoms with Gasteiger partial charge in [0.2, 0.25) is 16.0 Å². The summed E-state index contributed by atoms with van der Waals surface area (Å²) in [5, 5.41) is 8.88. The highest BCUT2D eigenvalue weighted by molar-refractivity contribution is 7.20. The van der Waals surface area contributed by atoms with Crippen molar-refractivity contribution >= 4 is 27.3 Å². The third kappa shape index (κ3) is 3.52. The maximum atomic E-state index is 11.2. The molecule has 1 aliphatic carbocycles. The Morgan fingerprint density at radius 3 is 2.64 bits per heavy atom. The normalized spacial score (nSPS) is 21.1. The second kappa shape index (κ2) is 6.94. The standard InChI is InChI=1S/C18H27N5OS/c1-12(19-13(2)24)14-7-9-22(10-8-14)18-21-23-11-16(20-17(23)25-18)15-5-3-4-6-15/h11-12,14-15H,3-10H2,1-2H3,(H,19,24). The zero-order valence-corrected chi connectivity index (χ0v) is 15.9. The predicted octanol–water partition coefficient (Wildman–Crippen LogP) is 3.19. The summed E-state index contributed by atoms with van der Waals surface area (Å²) in [6.45, 7) is 5.71. The molecule has 1 N–H and O–H groups in total. The number of carbonyl (C=O) groups excluding carboxylic acids is 1. The zero-order chi connectivity index (χ0) is 17.4. The number of hydrogen-bond acceptors (Lipinski definition) is 5. The summed E-state index contributed by atoms with van der Waals surface area (Å²) in [6.07, 6.45) is 9.54. The van der Waals surface area contributed by atoms with E-state index in [0.717, 1.165) is 36.0 Å². The first kappa shape index (κ1) is 16.8. The number of amides is 1. The van der Waals surface area contributed by atoms with Gasteiger partial charge in [0.1, 0.15) is 0 Å². The molecule has 1 atom stereocenters. The van der Waals surface area contributed by atoms with E-state index in [0.29, 0.717) is 11.8 Å². The maximum absolute atomic E-state index is 11.2. The molecule has 1 saturated heterocycles. The molecule has 2 aromatic heterocycles. The van der Waals surface area contributed by atoms with Crippen molar-refractivity contribution < 1.29 is 4.79 Å². The van der Waals surface area contributed by atoms with Gasteiger partial charge in [0.05, 0.1) is 11.9 Å². The Hall–Kier alpha value is -1.63. The minimum absolute atomic E-state index is 0.0640. The van der Waals surface area contributed by atoms with E-state index in [1.54, 1.807) is 18.3 Å². The lowest BCUT2D eigenvalue weighted by molar-refractivity contribution is -0.119. The van der Waals surface area contributed by atoms with Crippen molar-refractivity contribution in [2.75, 3.05) is 18.0 Å². The molecule has 2 aromatic rings. The van der Waals surface area contributed by atoms with Gasteiger partial charge in [-0.3, -0.25) is 4.79 Å². The summed E-state index contributed by atoms with van der Waals surface area (Å²) in [5.74, 6) is 1.26. The van der Waals surface area contributed by atoms with E-state index in [1.807, 2.05) is 4.52 Å². The van der Waals surface area contributed by atoms with Gasteiger partial charge in [-0.1, -0.05) is 24.2 Å². The molecule has 1 amide bonds. The van der Waals surface area contributed by atoms with Crippen molar-refractivity contribution in [2.45, 2.75) is 64.3 Å². The SMILES string of the molecule is CC(=O)NC(C)C1CCN(c2nn3cc(C4CCCC4)nc3s2)CC1. The van der Waals surface area contributed by atoms with Gasteiger partial charge in [-0.05, 0) is 38.5 Å². The van der Waals surface area contributed by atoms with E-state index in [2.05, 4.69) is 23.3 Å². The summed E-state index contributed by atoms with van der Waals surface area (Å²) in [5.41, 5.74) is 1.23. The van der Waals surface area contributed by atoms with Gasteiger partial charge < -0.3 is 10.2 Å². The first-order chi connectivity index (χ1) is 12.1. The molecule has 2 fully saturated rings. The molecule has 136 valence electrons. The molecule has 4 rings (SSSR count). The lowest BCUT2D eigenvalue weighted by Crippen LogP contribution is -2.43. The highest BCUT2D eigenvalue weighted by Crippen LogP contribution is 2.35. The number of piperidine rings is 1. The molecule has 1 aliphatic heterocycles. The molecule has 3 heterocycles. The monoisotopic (exact) mass is 361 g/mol. The number of nitrogens with zero attached hydrogens (tertiary/aromatic N) is 4. The minimum atomic E-state index is 0.0640. The number of anilines is 1. The first-order valence-corrected chi connectivity index (χ1v) is 10.3. The van der Waals surface area contributed by atoms with Crippen LogP contribution in [0.1, 0.15) is 64.0 Å². The molecule has 1 saturated carbocycles. The fourth-order valence-electron chi connectivity index (χ4n) is 4.28. The lowest BCUT2D eigenvalue weighted by Gasteiger charge is -2.34. The molecule has 0 bridgehead atoms. The largest absolute Gasteiger partial charge is 0.354 e. The van der Waals surface area contributed by atoms with Crippen LogP contribution in [0.5, 0.6) is 0 Å². The van der Waals surface area contributed by atoms with Crippen LogP contribution in [0.3, 0.4) is 0 Å². The van der Waals surface area contributed by atoms with Crippen LogP contribution in [-0.4, -0.2) is 39.6 Å². The van der Waals surface area contributed by atoms with Crippen molar-refractivity contribution in [3.05, 3.63) is 11.9 Å². The van der Waals surface area contributed by atoms with Gasteiger partial charge in [0.25, 0.3) is 0 Å². The average molecular weight is 362 g/mol. The number of nitrogens with one attached hydrogen (secondary N) is 1. The third-order valence-corrected chi connectivity index (χ3v) is 6.76. The van der Waals surface area contributed by atoms with Crippen molar-refractivity contribution in [1.29, 1.82) is 0 Å². The smallest absolute Gasteiger partial charge is 0.217 e. The van der Waals surface area contributed by atoms with Gasteiger partial charge in [-0.15, -0.1) is 5.10 Å². The number of carbonyl (C=O) groups is 1. The van der Waals surface area contributed by atoms with Crippen LogP contribution in [0.25, 0.3) is 4.96 Å². The molecule has 0 spiro atoms. The van der Waals surface area contributed by atoms with Crippen molar-refractivity contribution in [2.24, 2.45) is 5.92 Å². The van der Waals surface area contributed by atoms with E-state index in [9.17, 15) is 4.79 Å². The highest BCUT2D eigenvalue weighted by atomic mass is 32.1. The van der Waals surface area contributed by atoms with Crippen molar-refractivity contribution in [1.82, 2.24) is 19.9 Å². The first-order valence-electron chi connectivity index (χ1n) is 9.48. The molecule has 1 unspecified atom stereocenters. The van der Waals surface area contributed by atoms with E-state index in [-0.39, 0.29) is 11.9 Å². The summed E-state index contributed by atoms with van der Waals surface area (Å²) in [6, 6.07) is 0.252. The zero-order valence-electron chi connectivity index (χ0n) is 15.1. The second-order valence-corrected chi connectivity index (χ2v) is 8.51. The Bertz CT molecular complexity index is 708. The average Bonchev–Trinajstić information content (AvgIpc) is 3.29. The van der Waals surface area contributed by atoms with Gasteiger partial charge in [-0.2, -0.15) is 0 Å².